The summed E-state index contributed by atoms with van der Waals surface area (Å²) < 4.78 is 22.2. The van der Waals surface area contributed by atoms with E-state index in [0.29, 0.717) is 28.7 Å². The molecule has 0 saturated carbocycles. The lowest BCUT2D eigenvalue weighted by Gasteiger charge is -2.23. The Kier molecular flexibility index (Phi) is 4.61. The average Bonchev–Trinajstić information content (AvgIpc) is 3.49. The fraction of sp³-hybridized carbons (Fsp3) is 0.286. The fourth-order valence-corrected chi connectivity index (χ4v) is 3.95. The van der Waals surface area contributed by atoms with Crippen molar-refractivity contribution in [3.05, 3.63) is 64.5 Å². The highest BCUT2D eigenvalue weighted by molar-refractivity contribution is 5.59. The second-order valence-electron chi connectivity index (χ2n) is 7.57. The maximum Gasteiger partial charge on any atom is 0.267 e. The summed E-state index contributed by atoms with van der Waals surface area (Å²) in [7, 11) is 3.46. The van der Waals surface area contributed by atoms with Crippen LogP contribution in [0.1, 0.15) is 24.6 Å². The monoisotopic (exact) mass is 421 g/mol. The lowest BCUT2D eigenvalue weighted by atomic mass is 10.1. The summed E-state index contributed by atoms with van der Waals surface area (Å²) in [6.45, 7) is 0.785. The molecule has 0 N–H and O–H groups in total. The number of halogens is 1. The number of hydrogen-bond donors (Lipinski definition) is 0. The zero-order valence-corrected chi connectivity index (χ0v) is 17.1. The number of benzene rings is 1. The Labute approximate surface area is 176 Å². The minimum Gasteiger partial charge on any atom is -0.356 e. The molecule has 3 aromatic heterocycles. The van der Waals surface area contributed by atoms with Crippen LogP contribution in [0, 0.1) is 5.82 Å². The summed E-state index contributed by atoms with van der Waals surface area (Å²) in [4.78, 5) is 14.1. The topological polar surface area (TPSA) is 94.9 Å². The van der Waals surface area contributed by atoms with Gasteiger partial charge in [-0.25, -0.2) is 9.07 Å². The maximum atomic E-state index is 13.6. The van der Waals surface area contributed by atoms with Crippen molar-refractivity contribution < 1.29 is 8.91 Å². The van der Waals surface area contributed by atoms with E-state index in [4.69, 9.17) is 4.52 Å². The van der Waals surface area contributed by atoms with E-state index in [2.05, 4.69) is 25.4 Å². The first-order valence-corrected chi connectivity index (χ1v) is 9.93. The number of aryl methyl sites for hydroxylation is 1. The minimum absolute atomic E-state index is 0.0384. The van der Waals surface area contributed by atoms with Gasteiger partial charge in [-0.2, -0.15) is 5.10 Å². The molecule has 1 aliphatic heterocycles. The lowest BCUT2D eigenvalue weighted by Crippen LogP contribution is -2.25. The van der Waals surface area contributed by atoms with E-state index in [1.54, 1.807) is 25.4 Å². The molecule has 10 heteroatoms. The van der Waals surface area contributed by atoms with Crippen molar-refractivity contribution in [3.63, 3.8) is 0 Å². The third kappa shape index (κ3) is 3.39. The van der Waals surface area contributed by atoms with E-state index < -0.39 is 0 Å². The summed E-state index contributed by atoms with van der Waals surface area (Å²) in [5.74, 6) is 1.43. The van der Waals surface area contributed by atoms with Crippen LogP contribution < -0.4 is 10.5 Å². The minimum atomic E-state index is -0.324. The molecule has 0 aliphatic carbocycles. The van der Waals surface area contributed by atoms with Gasteiger partial charge >= 0.3 is 0 Å². The van der Waals surface area contributed by atoms with Crippen molar-refractivity contribution >= 4 is 5.95 Å². The predicted octanol–water partition coefficient (Wildman–Crippen LogP) is 2.71. The molecule has 4 aromatic rings. The number of hydrogen-bond acceptors (Lipinski definition) is 7. The third-order valence-electron chi connectivity index (χ3n) is 5.57. The van der Waals surface area contributed by atoms with Gasteiger partial charge in [0.15, 0.2) is 11.6 Å². The first-order valence-electron chi connectivity index (χ1n) is 9.93. The van der Waals surface area contributed by atoms with Gasteiger partial charge in [0.1, 0.15) is 11.5 Å². The molecule has 1 atom stereocenters. The van der Waals surface area contributed by atoms with Crippen LogP contribution in [0.4, 0.5) is 10.3 Å². The summed E-state index contributed by atoms with van der Waals surface area (Å²) in [5.41, 5.74) is 1.79. The molecule has 1 aromatic carbocycles. The molecule has 0 amide bonds. The molecule has 0 bridgehead atoms. The predicted molar refractivity (Wildman–Crippen MR) is 111 cm³/mol. The highest BCUT2D eigenvalue weighted by Gasteiger charge is 2.32. The Morgan fingerprint density at radius 3 is 2.81 bits per heavy atom. The van der Waals surface area contributed by atoms with Crippen molar-refractivity contribution in [2.45, 2.75) is 18.9 Å². The fourth-order valence-electron chi connectivity index (χ4n) is 3.95. The summed E-state index contributed by atoms with van der Waals surface area (Å²) >= 11 is 0. The average molecular weight is 421 g/mol. The van der Waals surface area contributed by atoms with E-state index in [0.717, 1.165) is 25.1 Å². The molecule has 31 heavy (non-hydrogen) atoms. The van der Waals surface area contributed by atoms with Gasteiger partial charge in [-0.15, -0.1) is 10.2 Å². The van der Waals surface area contributed by atoms with Crippen LogP contribution in [0.5, 0.6) is 0 Å². The van der Waals surface area contributed by atoms with Crippen LogP contribution in [0.15, 0.2) is 51.9 Å². The van der Waals surface area contributed by atoms with Crippen LogP contribution in [0.3, 0.4) is 0 Å². The van der Waals surface area contributed by atoms with Gasteiger partial charge in [-0.05, 0) is 25.0 Å². The van der Waals surface area contributed by atoms with E-state index in [-0.39, 0.29) is 17.4 Å². The number of aromatic nitrogens is 6. The quantitative estimate of drug-likeness (QED) is 0.500. The molecule has 0 unspecified atom stereocenters. The maximum absolute atomic E-state index is 13.6. The van der Waals surface area contributed by atoms with Gasteiger partial charge in [-0.1, -0.05) is 17.3 Å². The van der Waals surface area contributed by atoms with E-state index in [9.17, 15) is 9.18 Å². The molecule has 1 saturated heterocycles. The standard InChI is InChI=1S/C21H20FN7O2/c1-27-20(14-10-19(30)28(2)23-12-14)24-25-21(27)29-8-4-7-17(29)16-11-18(31-26-16)13-5-3-6-15(22)9-13/h3,5-6,9-12,17H,4,7-8H2,1-2H3/t17-/m1/s1. The zero-order valence-electron chi connectivity index (χ0n) is 17.1. The summed E-state index contributed by atoms with van der Waals surface area (Å²) in [6.07, 6.45) is 3.44. The highest BCUT2D eigenvalue weighted by atomic mass is 19.1. The number of nitrogens with zero attached hydrogens (tertiary/aromatic N) is 7. The molecule has 0 radical (unpaired) electrons. The first-order chi connectivity index (χ1) is 15.0. The van der Waals surface area contributed by atoms with E-state index >= 15 is 0 Å². The Morgan fingerprint density at radius 2 is 2.00 bits per heavy atom. The Balaban J connectivity index is 1.46. The van der Waals surface area contributed by atoms with Crippen LogP contribution in [0.2, 0.25) is 0 Å². The SMILES string of the molecule is Cn1c(-c2cnn(C)c(=O)c2)nnc1N1CCC[C@@H]1c1cc(-c2cccc(F)c2)on1. The van der Waals surface area contributed by atoms with Crippen LogP contribution in [-0.4, -0.2) is 36.2 Å². The Bertz CT molecular complexity index is 1310. The second kappa shape index (κ2) is 7.46. The van der Waals surface area contributed by atoms with Crippen molar-refractivity contribution in [3.8, 4) is 22.7 Å². The van der Waals surface area contributed by atoms with Gasteiger partial charge in [0.25, 0.3) is 5.56 Å². The van der Waals surface area contributed by atoms with Crippen molar-refractivity contribution in [2.24, 2.45) is 14.1 Å². The normalized spacial score (nSPS) is 16.2. The van der Waals surface area contributed by atoms with Crippen LogP contribution >= 0.6 is 0 Å². The van der Waals surface area contributed by atoms with Gasteiger partial charge in [0, 0.05) is 43.9 Å². The third-order valence-corrected chi connectivity index (χ3v) is 5.57. The molecule has 158 valence electrons. The molecule has 1 fully saturated rings. The molecule has 5 rings (SSSR count). The molecule has 9 nitrogen and oxygen atoms in total. The Morgan fingerprint density at radius 1 is 1.13 bits per heavy atom. The van der Waals surface area contributed by atoms with Crippen molar-refractivity contribution in [2.75, 3.05) is 11.4 Å². The van der Waals surface area contributed by atoms with Gasteiger partial charge in [0.05, 0.1) is 12.2 Å². The molecule has 0 spiro atoms. The van der Waals surface area contributed by atoms with Gasteiger partial charge in [-0.3, -0.25) is 9.36 Å². The first kappa shape index (κ1) is 19.2. The smallest absolute Gasteiger partial charge is 0.267 e. The molecule has 4 heterocycles. The zero-order chi connectivity index (χ0) is 21.5. The summed E-state index contributed by atoms with van der Waals surface area (Å²) in [5, 5.41) is 17.0. The molecule has 1 aliphatic rings. The van der Waals surface area contributed by atoms with Crippen LogP contribution in [-0.2, 0) is 14.1 Å². The second-order valence-corrected chi connectivity index (χ2v) is 7.57. The molecular weight excluding hydrogens is 401 g/mol. The molecular formula is C21H20FN7O2. The van der Waals surface area contributed by atoms with Crippen molar-refractivity contribution in [1.82, 2.24) is 29.7 Å². The number of anilines is 1. The largest absolute Gasteiger partial charge is 0.356 e. The Hall–Kier alpha value is -3.82. The van der Waals surface area contributed by atoms with Gasteiger partial charge in [0.2, 0.25) is 5.95 Å². The van der Waals surface area contributed by atoms with Gasteiger partial charge < -0.3 is 9.42 Å². The van der Waals surface area contributed by atoms with Crippen LogP contribution in [0.25, 0.3) is 22.7 Å². The highest BCUT2D eigenvalue weighted by Crippen LogP contribution is 2.37. The number of rotatable bonds is 4. The summed E-state index contributed by atoms with van der Waals surface area (Å²) in [6, 6.07) is 9.54. The van der Waals surface area contributed by atoms with Crippen molar-refractivity contribution in [1.29, 1.82) is 0 Å². The van der Waals surface area contributed by atoms with E-state index in [1.807, 2.05) is 17.7 Å². The lowest BCUT2D eigenvalue weighted by molar-refractivity contribution is 0.415. The van der Waals surface area contributed by atoms with E-state index in [1.165, 1.54) is 22.9 Å².